The van der Waals surface area contributed by atoms with Crippen molar-refractivity contribution in [1.82, 2.24) is 5.32 Å². The second kappa shape index (κ2) is 6.91. The van der Waals surface area contributed by atoms with E-state index in [4.69, 9.17) is 4.74 Å². The molecule has 1 saturated heterocycles. The van der Waals surface area contributed by atoms with E-state index in [1.165, 1.54) is 18.4 Å². The molecule has 2 atom stereocenters. The lowest BCUT2D eigenvalue weighted by Crippen LogP contribution is -2.38. The molecule has 0 spiro atoms. The fourth-order valence-corrected chi connectivity index (χ4v) is 2.64. The van der Waals surface area contributed by atoms with Gasteiger partial charge in [0.1, 0.15) is 0 Å². The van der Waals surface area contributed by atoms with Gasteiger partial charge in [0.15, 0.2) is 0 Å². The van der Waals surface area contributed by atoms with E-state index in [1.54, 1.807) is 0 Å². The van der Waals surface area contributed by atoms with Gasteiger partial charge >= 0.3 is 0 Å². The Bertz CT molecular complexity index is 332. The highest BCUT2D eigenvalue weighted by Gasteiger charge is 2.20. The lowest BCUT2D eigenvalue weighted by molar-refractivity contribution is 0.0559. The summed E-state index contributed by atoms with van der Waals surface area (Å²) in [6, 6.07) is 11.3. The monoisotopic (exact) mass is 247 g/mol. The first-order valence-corrected chi connectivity index (χ1v) is 7.13. The number of nitrogens with one attached hydrogen (secondary N) is 1. The zero-order chi connectivity index (χ0) is 12.8. The molecule has 1 fully saturated rings. The average Bonchev–Trinajstić information content (AvgIpc) is 2.46. The molecule has 1 aliphatic heterocycles. The highest BCUT2D eigenvalue weighted by atomic mass is 16.5. The molecule has 2 rings (SSSR count). The summed E-state index contributed by atoms with van der Waals surface area (Å²) in [6.45, 7) is 7.53. The fourth-order valence-electron chi connectivity index (χ4n) is 2.64. The second-order valence-corrected chi connectivity index (χ2v) is 5.46. The molecule has 0 bridgehead atoms. The maximum Gasteiger partial charge on any atom is 0.0469 e. The SMILES string of the molecule is CC(CNC(C)C1CCOCC1)c1ccccc1. The van der Waals surface area contributed by atoms with Gasteiger partial charge in [0, 0.05) is 25.8 Å². The second-order valence-electron chi connectivity index (χ2n) is 5.46. The Hall–Kier alpha value is -0.860. The topological polar surface area (TPSA) is 21.3 Å². The Balaban J connectivity index is 1.76. The van der Waals surface area contributed by atoms with Crippen molar-refractivity contribution in [3.8, 4) is 0 Å². The van der Waals surface area contributed by atoms with Crippen LogP contribution in [-0.2, 0) is 4.74 Å². The van der Waals surface area contributed by atoms with Crippen LogP contribution in [0.3, 0.4) is 0 Å². The van der Waals surface area contributed by atoms with E-state index >= 15 is 0 Å². The van der Waals surface area contributed by atoms with Crippen molar-refractivity contribution < 1.29 is 4.74 Å². The van der Waals surface area contributed by atoms with E-state index in [2.05, 4.69) is 49.5 Å². The van der Waals surface area contributed by atoms with Crippen LogP contribution in [0.15, 0.2) is 30.3 Å². The van der Waals surface area contributed by atoms with Gasteiger partial charge in [-0.05, 0) is 37.2 Å². The molecular formula is C16H25NO. The molecule has 18 heavy (non-hydrogen) atoms. The van der Waals surface area contributed by atoms with Crippen molar-refractivity contribution in [3.05, 3.63) is 35.9 Å². The molecule has 1 aromatic rings. The van der Waals surface area contributed by atoms with Gasteiger partial charge in [-0.1, -0.05) is 37.3 Å². The average molecular weight is 247 g/mol. The molecule has 0 amide bonds. The summed E-state index contributed by atoms with van der Waals surface area (Å²) >= 11 is 0. The van der Waals surface area contributed by atoms with Crippen molar-refractivity contribution in [2.75, 3.05) is 19.8 Å². The predicted octanol–water partition coefficient (Wildman–Crippen LogP) is 3.19. The number of benzene rings is 1. The molecular weight excluding hydrogens is 222 g/mol. The maximum atomic E-state index is 5.42. The fraction of sp³-hybridized carbons (Fsp3) is 0.625. The molecule has 0 saturated carbocycles. The maximum absolute atomic E-state index is 5.42. The highest BCUT2D eigenvalue weighted by Crippen LogP contribution is 2.19. The lowest BCUT2D eigenvalue weighted by atomic mass is 9.92. The third-order valence-electron chi connectivity index (χ3n) is 4.09. The van der Waals surface area contributed by atoms with Gasteiger partial charge < -0.3 is 10.1 Å². The van der Waals surface area contributed by atoms with Gasteiger partial charge in [-0.25, -0.2) is 0 Å². The van der Waals surface area contributed by atoms with E-state index in [0.29, 0.717) is 12.0 Å². The molecule has 2 heteroatoms. The molecule has 2 unspecified atom stereocenters. The van der Waals surface area contributed by atoms with Crippen LogP contribution < -0.4 is 5.32 Å². The van der Waals surface area contributed by atoms with E-state index in [0.717, 1.165) is 25.7 Å². The largest absolute Gasteiger partial charge is 0.381 e. The van der Waals surface area contributed by atoms with Gasteiger partial charge in [-0.15, -0.1) is 0 Å². The van der Waals surface area contributed by atoms with Crippen molar-refractivity contribution in [1.29, 1.82) is 0 Å². The Morgan fingerprint density at radius 2 is 1.83 bits per heavy atom. The minimum absolute atomic E-state index is 0.577. The smallest absolute Gasteiger partial charge is 0.0469 e. The summed E-state index contributed by atoms with van der Waals surface area (Å²) in [5, 5.41) is 3.70. The molecule has 1 N–H and O–H groups in total. The van der Waals surface area contributed by atoms with E-state index in [9.17, 15) is 0 Å². The molecule has 1 aromatic carbocycles. The minimum atomic E-state index is 0.577. The van der Waals surface area contributed by atoms with Gasteiger partial charge in [0.2, 0.25) is 0 Å². The molecule has 1 heterocycles. The summed E-state index contributed by atoms with van der Waals surface area (Å²) in [5.74, 6) is 1.36. The van der Waals surface area contributed by atoms with Crippen LogP contribution in [-0.4, -0.2) is 25.8 Å². The highest BCUT2D eigenvalue weighted by molar-refractivity contribution is 5.18. The van der Waals surface area contributed by atoms with Crippen LogP contribution in [0, 0.1) is 5.92 Å². The van der Waals surface area contributed by atoms with Crippen molar-refractivity contribution in [2.24, 2.45) is 5.92 Å². The number of rotatable bonds is 5. The van der Waals surface area contributed by atoms with Crippen molar-refractivity contribution >= 4 is 0 Å². The van der Waals surface area contributed by atoms with E-state index in [-0.39, 0.29) is 0 Å². The zero-order valence-electron chi connectivity index (χ0n) is 11.6. The van der Waals surface area contributed by atoms with Crippen LogP contribution in [0.4, 0.5) is 0 Å². The molecule has 100 valence electrons. The third-order valence-corrected chi connectivity index (χ3v) is 4.09. The Kier molecular flexibility index (Phi) is 5.21. The quantitative estimate of drug-likeness (QED) is 0.862. The standard InChI is InChI=1S/C16H25NO/c1-13(15-6-4-3-5-7-15)12-17-14(2)16-8-10-18-11-9-16/h3-7,13-14,16-17H,8-12H2,1-2H3. The summed E-state index contributed by atoms with van der Waals surface area (Å²) < 4.78 is 5.42. The van der Waals surface area contributed by atoms with E-state index < -0.39 is 0 Å². The number of hydrogen-bond donors (Lipinski definition) is 1. The third kappa shape index (κ3) is 3.82. The summed E-state index contributed by atoms with van der Waals surface area (Å²) in [7, 11) is 0. The normalized spacial score (nSPS) is 20.6. The first-order valence-electron chi connectivity index (χ1n) is 7.13. The number of ether oxygens (including phenoxy) is 1. The Morgan fingerprint density at radius 3 is 2.50 bits per heavy atom. The zero-order valence-corrected chi connectivity index (χ0v) is 11.6. The van der Waals surface area contributed by atoms with Crippen LogP contribution in [0.1, 0.15) is 38.2 Å². The number of hydrogen-bond acceptors (Lipinski definition) is 2. The molecule has 1 aliphatic rings. The lowest BCUT2D eigenvalue weighted by Gasteiger charge is -2.29. The van der Waals surface area contributed by atoms with Crippen LogP contribution in [0.2, 0.25) is 0 Å². The molecule has 2 nitrogen and oxygen atoms in total. The van der Waals surface area contributed by atoms with Crippen molar-refractivity contribution in [3.63, 3.8) is 0 Å². The first-order chi connectivity index (χ1) is 8.77. The molecule has 0 radical (unpaired) electrons. The summed E-state index contributed by atoms with van der Waals surface area (Å²) in [6.07, 6.45) is 2.40. The van der Waals surface area contributed by atoms with Crippen molar-refractivity contribution in [2.45, 2.75) is 38.6 Å². The predicted molar refractivity (Wildman–Crippen MR) is 75.9 cm³/mol. The molecule has 0 aliphatic carbocycles. The van der Waals surface area contributed by atoms with Crippen LogP contribution in [0.25, 0.3) is 0 Å². The van der Waals surface area contributed by atoms with E-state index in [1.807, 2.05) is 0 Å². The van der Waals surface area contributed by atoms with Gasteiger partial charge in [-0.2, -0.15) is 0 Å². The van der Waals surface area contributed by atoms with Crippen LogP contribution in [0.5, 0.6) is 0 Å². The Morgan fingerprint density at radius 1 is 1.17 bits per heavy atom. The summed E-state index contributed by atoms with van der Waals surface area (Å²) in [4.78, 5) is 0. The van der Waals surface area contributed by atoms with Gasteiger partial charge in [-0.3, -0.25) is 0 Å². The Labute approximate surface area is 111 Å². The van der Waals surface area contributed by atoms with Crippen LogP contribution >= 0.6 is 0 Å². The summed E-state index contributed by atoms with van der Waals surface area (Å²) in [5.41, 5.74) is 1.42. The minimum Gasteiger partial charge on any atom is -0.381 e. The van der Waals surface area contributed by atoms with Gasteiger partial charge in [0.05, 0.1) is 0 Å². The van der Waals surface area contributed by atoms with Gasteiger partial charge in [0.25, 0.3) is 0 Å². The molecule has 0 aromatic heterocycles. The first kappa shape index (κ1) is 13.6.